The minimum atomic E-state index is -0.177. The molecule has 1 fully saturated rings. The molecule has 1 aliphatic carbocycles. The maximum absolute atomic E-state index is 11.6. The molecule has 1 aliphatic rings. The molecule has 0 bridgehead atoms. The summed E-state index contributed by atoms with van der Waals surface area (Å²) in [5.74, 6) is 0. The Morgan fingerprint density at radius 2 is 1.93 bits per heavy atom. The van der Waals surface area contributed by atoms with Crippen molar-refractivity contribution in [3.63, 3.8) is 0 Å². The van der Waals surface area contributed by atoms with Gasteiger partial charge in [-0.25, -0.2) is 0 Å². The third-order valence-electron chi connectivity index (χ3n) is 2.96. The van der Waals surface area contributed by atoms with E-state index in [1.165, 1.54) is 0 Å². The van der Waals surface area contributed by atoms with Gasteiger partial charge in [-0.15, -0.1) is 0 Å². The van der Waals surface area contributed by atoms with Crippen molar-refractivity contribution in [2.75, 3.05) is 0 Å². The van der Waals surface area contributed by atoms with E-state index in [1.807, 2.05) is 6.20 Å². The molecule has 1 aromatic heterocycles. The lowest BCUT2D eigenvalue weighted by Gasteiger charge is -2.27. The third-order valence-corrected chi connectivity index (χ3v) is 3.43. The van der Waals surface area contributed by atoms with Crippen molar-refractivity contribution >= 4 is 15.9 Å². The lowest BCUT2D eigenvalue weighted by atomic mass is 9.93. The molecule has 15 heavy (non-hydrogen) atoms. The second-order valence-electron chi connectivity index (χ2n) is 4.06. The molecule has 4 heteroatoms. The van der Waals surface area contributed by atoms with Gasteiger partial charge in [-0.1, -0.05) is 0 Å². The van der Waals surface area contributed by atoms with Crippen molar-refractivity contribution in [2.24, 2.45) is 0 Å². The van der Waals surface area contributed by atoms with Crippen LogP contribution in [0.15, 0.2) is 27.6 Å². The van der Waals surface area contributed by atoms with Gasteiger partial charge < -0.3 is 9.67 Å². The molecule has 2 rings (SSSR count). The average molecular weight is 272 g/mol. The standard InChI is InChI=1S/C11H14BrNO2/c12-8-1-6-11(15)13(7-8)9-2-4-10(14)5-3-9/h1,6-7,9-10,14H,2-5H2. The highest BCUT2D eigenvalue weighted by atomic mass is 79.9. The van der Waals surface area contributed by atoms with Crippen molar-refractivity contribution in [3.05, 3.63) is 33.2 Å². The fourth-order valence-corrected chi connectivity index (χ4v) is 2.45. The van der Waals surface area contributed by atoms with Crippen LogP contribution in [-0.4, -0.2) is 15.8 Å². The Kier molecular flexibility index (Phi) is 3.26. The predicted octanol–water partition coefficient (Wildman–Crippen LogP) is 2.09. The Labute approximate surface area is 96.9 Å². The van der Waals surface area contributed by atoms with Crippen LogP contribution in [0.25, 0.3) is 0 Å². The molecule has 0 saturated heterocycles. The Balaban J connectivity index is 2.22. The van der Waals surface area contributed by atoms with E-state index in [1.54, 1.807) is 16.7 Å². The van der Waals surface area contributed by atoms with Gasteiger partial charge in [0.25, 0.3) is 5.56 Å². The fourth-order valence-electron chi connectivity index (χ4n) is 2.10. The number of nitrogens with zero attached hydrogens (tertiary/aromatic N) is 1. The van der Waals surface area contributed by atoms with Crippen molar-refractivity contribution in [2.45, 2.75) is 37.8 Å². The van der Waals surface area contributed by atoms with Crippen LogP contribution in [-0.2, 0) is 0 Å². The summed E-state index contributed by atoms with van der Waals surface area (Å²) in [7, 11) is 0. The molecule has 0 aromatic carbocycles. The average Bonchev–Trinajstić information content (AvgIpc) is 2.23. The summed E-state index contributed by atoms with van der Waals surface area (Å²) >= 11 is 3.37. The van der Waals surface area contributed by atoms with Crippen molar-refractivity contribution in [1.82, 2.24) is 4.57 Å². The lowest BCUT2D eigenvalue weighted by molar-refractivity contribution is 0.110. The van der Waals surface area contributed by atoms with Crippen LogP contribution in [0.3, 0.4) is 0 Å². The van der Waals surface area contributed by atoms with Crippen molar-refractivity contribution < 1.29 is 5.11 Å². The summed E-state index contributed by atoms with van der Waals surface area (Å²) in [6.45, 7) is 0. The second-order valence-corrected chi connectivity index (χ2v) is 4.97. The van der Waals surface area contributed by atoms with Crippen LogP contribution in [0.2, 0.25) is 0 Å². The minimum Gasteiger partial charge on any atom is -0.393 e. The van der Waals surface area contributed by atoms with Crippen LogP contribution in [0.5, 0.6) is 0 Å². The zero-order valence-electron chi connectivity index (χ0n) is 8.40. The van der Waals surface area contributed by atoms with Gasteiger partial charge in [0.15, 0.2) is 0 Å². The molecule has 0 atom stereocenters. The molecule has 1 N–H and O–H groups in total. The number of halogens is 1. The van der Waals surface area contributed by atoms with Crippen LogP contribution in [0, 0.1) is 0 Å². The van der Waals surface area contributed by atoms with E-state index < -0.39 is 0 Å². The number of hydrogen-bond acceptors (Lipinski definition) is 2. The number of aliphatic hydroxyl groups excluding tert-OH is 1. The Morgan fingerprint density at radius 1 is 1.27 bits per heavy atom. The molecule has 1 aromatic rings. The van der Waals surface area contributed by atoms with Crippen molar-refractivity contribution in [1.29, 1.82) is 0 Å². The van der Waals surface area contributed by atoms with Gasteiger partial charge in [-0.2, -0.15) is 0 Å². The van der Waals surface area contributed by atoms with Crippen molar-refractivity contribution in [3.8, 4) is 0 Å². The highest BCUT2D eigenvalue weighted by molar-refractivity contribution is 9.10. The molecule has 3 nitrogen and oxygen atoms in total. The van der Waals surface area contributed by atoms with Gasteiger partial charge in [0.2, 0.25) is 0 Å². The number of pyridine rings is 1. The smallest absolute Gasteiger partial charge is 0.250 e. The van der Waals surface area contributed by atoms with E-state index in [0.29, 0.717) is 0 Å². The molecule has 1 heterocycles. The van der Waals surface area contributed by atoms with E-state index in [-0.39, 0.29) is 17.7 Å². The van der Waals surface area contributed by atoms with Gasteiger partial charge in [0.1, 0.15) is 0 Å². The van der Waals surface area contributed by atoms with E-state index in [0.717, 1.165) is 30.2 Å². The molecule has 0 radical (unpaired) electrons. The highest BCUT2D eigenvalue weighted by Gasteiger charge is 2.21. The van der Waals surface area contributed by atoms with Gasteiger partial charge in [-0.05, 0) is 47.7 Å². The number of aliphatic hydroxyl groups is 1. The summed E-state index contributed by atoms with van der Waals surface area (Å²) < 4.78 is 2.70. The minimum absolute atomic E-state index is 0.0413. The molecule has 82 valence electrons. The van der Waals surface area contributed by atoms with Gasteiger partial charge in [0, 0.05) is 22.8 Å². The van der Waals surface area contributed by atoms with E-state index in [2.05, 4.69) is 15.9 Å². The highest BCUT2D eigenvalue weighted by Crippen LogP contribution is 2.27. The molecular formula is C11H14BrNO2. The predicted molar refractivity (Wildman–Crippen MR) is 61.9 cm³/mol. The van der Waals surface area contributed by atoms with E-state index in [9.17, 15) is 9.90 Å². The van der Waals surface area contributed by atoms with Gasteiger partial charge in [0.05, 0.1) is 6.10 Å². The summed E-state index contributed by atoms with van der Waals surface area (Å²) in [6.07, 6.45) is 5.02. The SMILES string of the molecule is O=c1ccc(Br)cn1C1CCC(O)CC1. The molecule has 0 unspecified atom stereocenters. The normalized spacial score (nSPS) is 26.5. The molecule has 0 aliphatic heterocycles. The second kappa shape index (κ2) is 4.49. The van der Waals surface area contributed by atoms with E-state index in [4.69, 9.17) is 0 Å². The quantitative estimate of drug-likeness (QED) is 0.850. The molecule has 0 amide bonds. The van der Waals surface area contributed by atoms with Crippen LogP contribution in [0.4, 0.5) is 0 Å². The van der Waals surface area contributed by atoms with Gasteiger partial charge in [-0.3, -0.25) is 4.79 Å². The first-order chi connectivity index (χ1) is 7.16. The zero-order chi connectivity index (χ0) is 10.8. The maximum atomic E-state index is 11.6. The summed E-state index contributed by atoms with van der Waals surface area (Å²) in [4.78, 5) is 11.6. The first-order valence-electron chi connectivity index (χ1n) is 5.22. The Hall–Kier alpha value is -0.610. The summed E-state index contributed by atoms with van der Waals surface area (Å²) in [6, 6.07) is 3.59. The Bertz CT molecular complexity index is 394. The third kappa shape index (κ3) is 2.49. The fraction of sp³-hybridized carbons (Fsp3) is 0.545. The number of hydrogen-bond donors (Lipinski definition) is 1. The Morgan fingerprint density at radius 3 is 2.60 bits per heavy atom. The molecule has 1 saturated carbocycles. The van der Waals surface area contributed by atoms with Gasteiger partial charge >= 0.3 is 0 Å². The van der Waals surface area contributed by atoms with E-state index >= 15 is 0 Å². The largest absolute Gasteiger partial charge is 0.393 e. The first kappa shape index (κ1) is 10.9. The van der Waals surface area contributed by atoms with Crippen LogP contribution < -0.4 is 5.56 Å². The first-order valence-corrected chi connectivity index (χ1v) is 6.02. The summed E-state index contributed by atoms with van der Waals surface area (Å²) in [5, 5.41) is 9.40. The zero-order valence-corrected chi connectivity index (χ0v) is 9.98. The number of rotatable bonds is 1. The lowest BCUT2D eigenvalue weighted by Crippen LogP contribution is -2.28. The topological polar surface area (TPSA) is 42.2 Å². The van der Waals surface area contributed by atoms with Crippen LogP contribution in [0.1, 0.15) is 31.7 Å². The van der Waals surface area contributed by atoms with Crippen LogP contribution >= 0.6 is 15.9 Å². The number of aromatic nitrogens is 1. The maximum Gasteiger partial charge on any atom is 0.250 e. The monoisotopic (exact) mass is 271 g/mol. The molecule has 0 spiro atoms. The summed E-state index contributed by atoms with van der Waals surface area (Å²) in [5.41, 5.74) is 0.0413. The molecular weight excluding hydrogens is 258 g/mol.